The Labute approximate surface area is 130 Å². The van der Waals surface area contributed by atoms with Crippen LogP contribution in [0, 0.1) is 5.92 Å². The number of nitrogens with zero attached hydrogens (tertiary/aromatic N) is 1. The van der Waals surface area contributed by atoms with Gasteiger partial charge < -0.3 is 10.6 Å². The highest BCUT2D eigenvalue weighted by Gasteiger charge is 2.15. The fourth-order valence-electron chi connectivity index (χ4n) is 2.27. The third kappa shape index (κ3) is 7.94. The molecule has 7 heteroatoms. The molecular formula is C14H26N4O2S. The van der Waals surface area contributed by atoms with Crippen LogP contribution in [-0.4, -0.2) is 36.1 Å². The number of carbonyl (C=O) groups is 2. The minimum Gasteiger partial charge on any atom is -0.338 e. The van der Waals surface area contributed by atoms with Gasteiger partial charge in [0, 0.05) is 12.6 Å². The maximum atomic E-state index is 11.8. The summed E-state index contributed by atoms with van der Waals surface area (Å²) < 4.78 is 0. The van der Waals surface area contributed by atoms with Crippen LogP contribution < -0.4 is 16.0 Å². The quantitative estimate of drug-likeness (QED) is 0.553. The van der Waals surface area contributed by atoms with Gasteiger partial charge in [0.05, 0.1) is 0 Å². The summed E-state index contributed by atoms with van der Waals surface area (Å²) in [5, 5.41) is 8.42. The summed E-state index contributed by atoms with van der Waals surface area (Å²) in [4.78, 5) is 27.2. The average Bonchev–Trinajstić information content (AvgIpc) is 2.44. The Kier molecular flexibility index (Phi) is 8.19. The third-order valence-corrected chi connectivity index (χ3v) is 3.89. The second kappa shape index (κ2) is 9.65. The lowest BCUT2D eigenvalue weighted by Gasteiger charge is -2.21. The van der Waals surface area contributed by atoms with E-state index in [1.54, 1.807) is 6.26 Å². The number of nitrogens with one attached hydrogen (secondary N) is 3. The van der Waals surface area contributed by atoms with Gasteiger partial charge in [0.15, 0.2) is 5.17 Å². The molecule has 0 aromatic carbocycles. The monoisotopic (exact) mass is 314 g/mol. The number of urea groups is 2. The summed E-state index contributed by atoms with van der Waals surface area (Å²) in [6, 6.07) is -0.725. The first kappa shape index (κ1) is 17.8. The fourth-order valence-corrected chi connectivity index (χ4v) is 2.63. The molecule has 1 rings (SSSR count). The molecular weight excluding hydrogens is 288 g/mol. The standard InChI is InChI=1S/C14H26N4O2S/c1-10(2)16-13(20)18-14(21-3)17-12(19)15-9-11-7-5-4-6-8-11/h10-11H,4-9H2,1-3H3,(H3,15,16,17,18,19,20). The van der Waals surface area contributed by atoms with E-state index >= 15 is 0 Å². The minimum atomic E-state index is -0.443. The van der Waals surface area contributed by atoms with Gasteiger partial charge in [0.2, 0.25) is 0 Å². The van der Waals surface area contributed by atoms with E-state index in [0.717, 1.165) is 0 Å². The molecule has 1 saturated carbocycles. The topological polar surface area (TPSA) is 82.6 Å². The van der Waals surface area contributed by atoms with Gasteiger partial charge in [-0.1, -0.05) is 31.0 Å². The average molecular weight is 314 g/mol. The van der Waals surface area contributed by atoms with Crippen LogP contribution in [0.4, 0.5) is 9.59 Å². The first-order valence-electron chi connectivity index (χ1n) is 7.49. The molecule has 0 unspecified atom stereocenters. The summed E-state index contributed by atoms with van der Waals surface area (Å²) in [6.07, 6.45) is 7.93. The molecule has 0 aliphatic heterocycles. The SMILES string of the molecule is CSC(=NC(=O)NC(C)C)NC(=O)NCC1CCCCC1. The number of rotatable bonds is 3. The number of amides is 4. The lowest BCUT2D eigenvalue weighted by Crippen LogP contribution is -2.41. The largest absolute Gasteiger partial charge is 0.343 e. The molecule has 21 heavy (non-hydrogen) atoms. The number of hydrogen-bond acceptors (Lipinski definition) is 3. The van der Waals surface area contributed by atoms with Crippen LogP contribution in [0.25, 0.3) is 0 Å². The highest BCUT2D eigenvalue weighted by molar-refractivity contribution is 8.13. The van der Waals surface area contributed by atoms with Crippen molar-refractivity contribution in [2.75, 3.05) is 12.8 Å². The van der Waals surface area contributed by atoms with Gasteiger partial charge in [0.25, 0.3) is 0 Å². The van der Waals surface area contributed by atoms with Crippen molar-refractivity contribution in [3.8, 4) is 0 Å². The molecule has 120 valence electrons. The van der Waals surface area contributed by atoms with Crippen molar-refractivity contribution in [3.05, 3.63) is 0 Å². The predicted octanol–water partition coefficient (Wildman–Crippen LogP) is 2.70. The normalized spacial score (nSPS) is 16.7. The van der Waals surface area contributed by atoms with Crippen LogP contribution >= 0.6 is 11.8 Å². The van der Waals surface area contributed by atoms with Gasteiger partial charge in [-0.15, -0.1) is 0 Å². The maximum absolute atomic E-state index is 11.8. The van der Waals surface area contributed by atoms with Crippen molar-refractivity contribution >= 4 is 29.0 Å². The van der Waals surface area contributed by atoms with Crippen molar-refractivity contribution < 1.29 is 9.59 Å². The maximum Gasteiger partial charge on any atom is 0.343 e. The van der Waals surface area contributed by atoms with Crippen molar-refractivity contribution in [1.82, 2.24) is 16.0 Å². The molecule has 3 N–H and O–H groups in total. The zero-order chi connectivity index (χ0) is 15.7. The smallest absolute Gasteiger partial charge is 0.338 e. The number of amidine groups is 1. The number of aliphatic imine (C=N–C) groups is 1. The minimum absolute atomic E-state index is 0.0180. The summed E-state index contributed by atoms with van der Waals surface area (Å²) in [5.41, 5.74) is 0. The zero-order valence-electron chi connectivity index (χ0n) is 13.1. The lowest BCUT2D eigenvalue weighted by molar-refractivity contribution is 0.240. The molecule has 0 radical (unpaired) electrons. The summed E-state index contributed by atoms with van der Waals surface area (Å²) >= 11 is 1.23. The van der Waals surface area contributed by atoms with Crippen molar-refractivity contribution in [1.29, 1.82) is 0 Å². The zero-order valence-corrected chi connectivity index (χ0v) is 13.9. The molecule has 0 heterocycles. The van der Waals surface area contributed by atoms with Crippen molar-refractivity contribution in [2.24, 2.45) is 10.9 Å². The third-order valence-electron chi connectivity index (χ3n) is 3.31. The molecule has 0 spiro atoms. The molecule has 0 aromatic rings. The molecule has 4 amide bonds. The van der Waals surface area contributed by atoms with Gasteiger partial charge in [-0.3, -0.25) is 5.32 Å². The van der Waals surface area contributed by atoms with E-state index in [9.17, 15) is 9.59 Å². The van der Waals surface area contributed by atoms with Gasteiger partial charge in [0.1, 0.15) is 0 Å². The molecule has 1 aliphatic rings. The van der Waals surface area contributed by atoms with Crippen LogP contribution in [0.2, 0.25) is 0 Å². The second-order valence-electron chi connectivity index (χ2n) is 5.56. The van der Waals surface area contributed by atoms with E-state index < -0.39 is 6.03 Å². The number of hydrogen-bond donors (Lipinski definition) is 3. The van der Waals surface area contributed by atoms with E-state index in [0.29, 0.717) is 17.6 Å². The van der Waals surface area contributed by atoms with Crippen LogP contribution in [0.15, 0.2) is 4.99 Å². The van der Waals surface area contributed by atoms with Crippen molar-refractivity contribution in [3.63, 3.8) is 0 Å². The number of carbonyl (C=O) groups excluding carboxylic acids is 2. The fraction of sp³-hybridized carbons (Fsp3) is 0.786. The van der Waals surface area contributed by atoms with Gasteiger partial charge in [-0.2, -0.15) is 4.99 Å². The van der Waals surface area contributed by atoms with Crippen LogP contribution in [-0.2, 0) is 0 Å². The van der Waals surface area contributed by atoms with E-state index in [2.05, 4.69) is 20.9 Å². The van der Waals surface area contributed by atoms with E-state index in [1.807, 2.05) is 13.8 Å². The Hall–Kier alpha value is -1.24. The van der Waals surface area contributed by atoms with Gasteiger partial charge in [-0.25, -0.2) is 9.59 Å². The first-order chi connectivity index (χ1) is 10.0. The molecule has 0 atom stereocenters. The second-order valence-corrected chi connectivity index (χ2v) is 6.36. The number of thioether (sulfide) groups is 1. The molecule has 0 saturated heterocycles. The predicted molar refractivity (Wildman–Crippen MR) is 87.7 cm³/mol. The van der Waals surface area contributed by atoms with Crippen LogP contribution in [0.1, 0.15) is 46.0 Å². The summed E-state index contributed by atoms with van der Waals surface area (Å²) in [7, 11) is 0. The molecule has 1 aliphatic carbocycles. The van der Waals surface area contributed by atoms with Crippen LogP contribution in [0.5, 0.6) is 0 Å². The molecule has 6 nitrogen and oxygen atoms in total. The lowest BCUT2D eigenvalue weighted by atomic mass is 9.89. The Morgan fingerprint density at radius 2 is 1.90 bits per heavy atom. The highest BCUT2D eigenvalue weighted by atomic mass is 32.2. The highest BCUT2D eigenvalue weighted by Crippen LogP contribution is 2.22. The Morgan fingerprint density at radius 1 is 1.24 bits per heavy atom. The van der Waals surface area contributed by atoms with Crippen molar-refractivity contribution in [2.45, 2.75) is 52.0 Å². The van der Waals surface area contributed by atoms with Crippen LogP contribution in [0.3, 0.4) is 0 Å². The van der Waals surface area contributed by atoms with Gasteiger partial charge in [-0.05, 0) is 38.9 Å². The van der Waals surface area contributed by atoms with E-state index in [-0.39, 0.29) is 12.1 Å². The Bertz CT molecular complexity index is 379. The van der Waals surface area contributed by atoms with E-state index in [4.69, 9.17) is 0 Å². The Morgan fingerprint density at radius 3 is 2.48 bits per heavy atom. The first-order valence-corrected chi connectivity index (χ1v) is 8.71. The Balaban J connectivity index is 2.35. The summed E-state index contributed by atoms with van der Waals surface area (Å²) in [5.74, 6) is 0.573. The van der Waals surface area contributed by atoms with Gasteiger partial charge >= 0.3 is 12.1 Å². The molecule has 0 aromatic heterocycles. The molecule has 0 bridgehead atoms. The summed E-state index contributed by atoms with van der Waals surface area (Å²) in [6.45, 7) is 4.40. The molecule has 1 fully saturated rings. The van der Waals surface area contributed by atoms with E-state index in [1.165, 1.54) is 43.9 Å².